The molecule has 0 bridgehead atoms. The molecule has 16 atom stereocenters. The van der Waals surface area contributed by atoms with Crippen molar-refractivity contribution in [2.75, 3.05) is 38.6 Å². The Bertz CT molecular complexity index is 4190. The van der Waals surface area contributed by atoms with Gasteiger partial charge < -0.3 is 88.9 Å². The number of nitrogens with zero attached hydrogens (tertiary/aromatic N) is 1. The van der Waals surface area contributed by atoms with Gasteiger partial charge in [0.05, 0.1) is 111 Å². The minimum atomic E-state index is -1.99. The lowest BCUT2D eigenvalue weighted by atomic mass is 9.85. The maximum absolute atomic E-state index is 14.8. The van der Waals surface area contributed by atoms with Crippen molar-refractivity contribution in [1.29, 1.82) is 0 Å². The number of carbonyl (C=O) groups is 19. The highest BCUT2D eigenvalue weighted by molar-refractivity contribution is 8.14. The highest BCUT2D eigenvalue weighted by Gasteiger charge is 2.41. The summed E-state index contributed by atoms with van der Waals surface area (Å²) in [7, 11) is 0. The zero-order chi connectivity index (χ0) is 92.8. The summed E-state index contributed by atoms with van der Waals surface area (Å²) in [5.41, 5.74) is 6.76. The number of nitrogens with two attached hydrogens (primary N) is 1. The molecular weight excluding hydrogens is 1640 g/mol. The van der Waals surface area contributed by atoms with Crippen LogP contribution >= 0.6 is 11.8 Å². The summed E-state index contributed by atoms with van der Waals surface area (Å²) in [6.07, 6.45) is -10.5. The van der Waals surface area contributed by atoms with Crippen LogP contribution in [-0.4, -0.2) is 249 Å². The number of hydrogen-bond donors (Lipinski definition) is 17. The summed E-state index contributed by atoms with van der Waals surface area (Å²) in [5.74, 6) is -30.8. The van der Waals surface area contributed by atoms with E-state index in [0.717, 1.165) is 13.8 Å². The monoisotopic (exact) mass is 1760 g/mol. The number of imide groups is 1. The zero-order valence-electron chi connectivity index (χ0n) is 70.7. The topological polar surface area (TPSA) is 620 Å². The summed E-state index contributed by atoms with van der Waals surface area (Å²) in [4.78, 5) is 259. The quantitative estimate of drug-likeness (QED) is 0.0357. The number of carbonyl (C=O) groups excluding carboxylic acids is 16. The molecule has 38 heteroatoms. The molecular formula is C86H119N9O28S. The molecule has 0 radical (unpaired) electrons. The number of aromatic hydroxyl groups is 2. The maximum Gasteiger partial charge on any atom is 0.304 e. The predicted octanol–water partition coefficient (Wildman–Crippen LogP) is 1.68. The van der Waals surface area contributed by atoms with Crippen LogP contribution in [-0.2, 0) is 106 Å². The first-order chi connectivity index (χ1) is 58.5. The molecule has 1 aliphatic heterocycles. The third-order valence-corrected chi connectivity index (χ3v) is 22.2. The van der Waals surface area contributed by atoms with Crippen molar-refractivity contribution in [2.45, 2.75) is 219 Å². The Balaban J connectivity index is 1.56. The first kappa shape index (κ1) is 105. The molecule has 3 aromatic rings. The Kier molecular flexibility index (Phi) is 45.2. The molecule has 1 aliphatic rings. The standard InChI is InChI=1S/C86H119N9O28S/c1-8-47(4)78(73(108)35-55(29-52-17-22-59(100)23-18-52)81(118)90-65(28-46(2)3)69(104)33-56(37-76(112)113)80(117)89-48(5)14-12-13-27-87)94-83(120)58(43-96)36-70(105)66(31-53-19-24-60(101)25-20-53)91-82(119)57(38-77(114)115)34-71(106)68(44-97)93-85(122)64(50(7)99)40-72(107)67(30-51-15-10-9-11-16-51)92-84(121)63(49(6)98)39-61(102)41-88-79(116)54(21-26-75(110)111)32-62(103)42-95-74(109)45-124-86(95)123/h9-11,15-20,22-25,46-50,54-58,63-68,78,96-101H,8,12-14,21,26-45,87H2,1-7H3,(H,88,116)(H,89,117)(H,90,118)(H,91,119)(H,92,121)(H,93,122)(H,94,120)(H,110,111)(H,112,113)(H,114,115)/t47-,48+,49+,50+,54+,55+,56-,57-,58-,63-,64-,65-,66-,67-,68-,78-/m0/s1. The number of phenols is 2. The van der Waals surface area contributed by atoms with Crippen molar-refractivity contribution >= 4 is 123 Å². The van der Waals surface area contributed by atoms with Crippen molar-refractivity contribution in [3.8, 4) is 11.5 Å². The molecule has 18 N–H and O–H groups in total. The lowest BCUT2D eigenvalue weighted by Crippen LogP contribution is -2.52. The van der Waals surface area contributed by atoms with Crippen LogP contribution in [0.5, 0.6) is 11.5 Å². The number of hydrogen-bond acceptors (Lipinski definition) is 27. The first-order valence-electron chi connectivity index (χ1n) is 41.2. The summed E-state index contributed by atoms with van der Waals surface area (Å²) < 4.78 is 0. The second-order valence-corrected chi connectivity index (χ2v) is 33.1. The highest BCUT2D eigenvalue weighted by atomic mass is 32.2. The number of nitrogens with one attached hydrogen (secondary N) is 7. The van der Waals surface area contributed by atoms with Gasteiger partial charge in [-0.15, -0.1) is 0 Å². The fraction of sp³-hybridized carbons (Fsp3) is 0.570. The zero-order valence-corrected chi connectivity index (χ0v) is 71.5. The average Bonchev–Trinajstić information content (AvgIpc) is 1.14. The van der Waals surface area contributed by atoms with E-state index in [-0.39, 0.29) is 60.5 Å². The van der Waals surface area contributed by atoms with Crippen LogP contribution < -0.4 is 43.0 Å². The largest absolute Gasteiger partial charge is 0.508 e. The van der Waals surface area contributed by atoms with Crippen LogP contribution in [0.2, 0.25) is 0 Å². The molecule has 0 saturated carbocycles. The molecule has 1 fully saturated rings. The van der Waals surface area contributed by atoms with Gasteiger partial charge in [0.2, 0.25) is 47.3 Å². The molecule has 0 spiro atoms. The molecule has 124 heavy (non-hydrogen) atoms. The summed E-state index contributed by atoms with van der Waals surface area (Å²) in [6, 6.07) is 10.4. The number of carboxylic acid groups (broad SMARTS) is 3. The van der Waals surface area contributed by atoms with Crippen molar-refractivity contribution in [3.63, 3.8) is 0 Å². The third kappa shape index (κ3) is 36.8. The number of amides is 9. The van der Waals surface area contributed by atoms with Crippen LogP contribution in [0.1, 0.15) is 168 Å². The first-order valence-corrected chi connectivity index (χ1v) is 42.2. The fourth-order valence-corrected chi connectivity index (χ4v) is 14.6. The molecule has 682 valence electrons. The molecule has 3 aromatic carbocycles. The SMILES string of the molecule is CC[C@H](C)[C@H](NC(=O)[C@H](CO)CC(=O)[C@H](Cc1ccc(O)cc1)NC(=O)[C@H](CC(=O)O)CC(=O)[C@H](CO)NC(=O)[C@@H](CC(=O)[C@H](Cc1ccccc1)NC(=O)[C@@H](CC(=O)CNC(=O)[C@H](CCC(=O)O)CC(=O)CN1C(=O)CSC1=O)[C@@H](C)O)[C@@H](C)O)C(=O)C[C@@H](Cc1ccc(O)cc1)C(=O)N[C@@H](CC(C)C)C(=O)C[C@@H](CC(=O)O)C(=O)N[C@H](C)CCCCN. The molecule has 37 nitrogen and oxygen atoms in total. The van der Waals surface area contributed by atoms with E-state index >= 15 is 0 Å². The lowest BCUT2D eigenvalue weighted by Gasteiger charge is -2.28. The number of ketones is 7. The van der Waals surface area contributed by atoms with Crippen LogP contribution in [0.15, 0.2) is 78.9 Å². The Morgan fingerprint density at radius 3 is 1.40 bits per heavy atom. The van der Waals surface area contributed by atoms with Crippen molar-refractivity contribution < 1.29 is 137 Å². The summed E-state index contributed by atoms with van der Waals surface area (Å²) in [5, 5.41) is 110. The van der Waals surface area contributed by atoms with Crippen molar-refractivity contribution in [1.82, 2.24) is 42.1 Å². The number of benzene rings is 3. The average molecular weight is 1760 g/mol. The molecule has 4 rings (SSSR count). The number of unbranched alkanes of at least 4 members (excludes halogenated alkanes) is 1. The minimum absolute atomic E-state index is 0.0251. The van der Waals surface area contributed by atoms with Crippen molar-refractivity contribution in [3.05, 3.63) is 95.6 Å². The van der Waals surface area contributed by atoms with Gasteiger partial charge in [-0.1, -0.05) is 107 Å². The van der Waals surface area contributed by atoms with Crippen molar-refractivity contribution in [2.24, 2.45) is 59.0 Å². The molecule has 0 unspecified atom stereocenters. The number of phenolic OH excluding ortho intramolecular Hbond substituents is 2. The van der Waals surface area contributed by atoms with Crippen LogP contribution in [0.25, 0.3) is 0 Å². The van der Waals surface area contributed by atoms with E-state index in [4.69, 9.17) is 5.73 Å². The van der Waals surface area contributed by atoms with E-state index in [2.05, 4.69) is 37.2 Å². The number of carboxylic acids is 3. The van der Waals surface area contributed by atoms with Crippen LogP contribution in [0.4, 0.5) is 4.79 Å². The number of rotatable bonds is 61. The van der Waals surface area contributed by atoms with Gasteiger partial charge in [0.25, 0.3) is 5.24 Å². The number of aliphatic carboxylic acids is 3. The Labute approximate surface area is 722 Å². The van der Waals surface area contributed by atoms with Gasteiger partial charge in [0.15, 0.2) is 40.5 Å². The highest BCUT2D eigenvalue weighted by Crippen LogP contribution is 2.27. The van der Waals surface area contributed by atoms with Crippen LogP contribution in [0.3, 0.4) is 0 Å². The van der Waals surface area contributed by atoms with E-state index < -0.39 is 304 Å². The molecule has 0 aliphatic carbocycles. The summed E-state index contributed by atoms with van der Waals surface area (Å²) in [6.45, 7) is 7.40. The number of aliphatic hydroxyl groups excluding tert-OH is 4. The smallest absolute Gasteiger partial charge is 0.304 e. The van der Waals surface area contributed by atoms with E-state index in [0.29, 0.717) is 53.6 Å². The second kappa shape index (κ2) is 53.2. The van der Waals surface area contributed by atoms with Gasteiger partial charge in [-0.05, 0) is 125 Å². The Morgan fingerprint density at radius 1 is 0.452 bits per heavy atom. The van der Waals surface area contributed by atoms with E-state index in [9.17, 15) is 137 Å². The molecule has 0 aromatic heterocycles. The van der Waals surface area contributed by atoms with E-state index in [1.807, 2.05) is 0 Å². The Morgan fingerprint density at radius 2 is 0.911 bits per heavy atom. The predicted molar refractivity (Wildman–Crippen MR) is 446 cm³/mol. The van der Waals surface area contributed by atoms with E-state index in [1.165, 1.54) is 48.5 Å². The van der Waals surface area contributed by atoms with Gasteiger partial charge in [-0.3, -0.25) is 96.0 Å². The number of Topliss-reactive ketones (excluding diaryl/α,β-unsaturated/α-hetero) is 7. The second-order valence-electron chi connectivity index (χ2n) is 32.1. The van der Waals surface area contributed by atoms with Crippen LogP contribution in [0, 0.1) is 53.3 Å². The third-order valence-electron chi connectivity index (χ3n) is 21.4. The minimum Gasteiger partial charge on any atom is -0.508 e. The maximum atomic E-state index is 14.8. The fourth-order valence-electron chi connectivity index (χ4n) is 13.9. The number of aliphatic hydroxyl groups is 4. The van der Waals surface area contributed by atoms with Gasteiger partial charge in [-0.2, -0.15) is 0 Å². The Hall–Kier alpha value is -11.1. The van der Waals surface area contributed by atoms with Gasteiger partial charge in [-0.25, -0.2) is 0 Å². The van der Waals surface area contributed by atoms with Gasteiger partial charge in [0, 0.05) is 69.2 Å². The summed E-state index contributed by atoms with van der Waals surface area (Å²) >= 11 is 0.664. The van der Waals surface area contributed by atoms with E-state index in [1.54, 1.807) is 65.0 Å². The van der Waals surface area contributed by atoms with Gasteiger partial charge >= 0.3 is 17.9 Å². The number of thioether (sulfide) groups is 1. The molecule has 1 heterocycles. The molecule has 9 amide bonds. The van der Waals surface area contributed by atoms with Gasteiger partial charge in [0.1, 0.15) is 17.5 Å². The lowest BCUT2D eigenvalue weighted by molar-refractivity contribution is -0.143. The molecule has 1 saturated heterocycles. The normalized spacial score (nSPS) is 15.9.